The van der Waals surface area contributed by atoms with Crippen LogP contribution < -0.4 is 5.32 Å². The maximum Gasteiger partial charge on any atom is 0.0107 e. The molecule has 102 valence electrons. The van der Waals surface area contributed by atoms with E-state index < -0.39 is 0 Å². The molecule has 1 fully saturated rings. The van der Waals surface area contributed by atoms with Crippen LogP contribution in [0.4, 0.5) is 0 Å². The SMILES string of the molecule is CC(NCCN(C)C(C)C)C1CCN(C)CC1. The molecule has 0 saturated carbocycles. The number of likely N-dealkylation sites (tertiary alicyclic amines) is 1. The predicted molar refractivity (Wildman–Crippen MR) is 75.5 cm³/mol. The molecular formula is C14H31N3. The molecule has 0 aromatic rings. The highest BCUT2D eigenvalue weighted by atomic mass is 15.1. The molecule has 0 aliphatic carbocycles. The van der Waals surface area contributed by atoms with E-state index in [0.717, 1.165) is 19.0 Å². The van der Waals surface area contributed by atoms with Crippen molar-refractivity contribution in [3.63, 3.8) is 0 Å². The zero-order valence-corrected chi connectivity index (χ0v) is 12.4. The highest BCUT2D eigenvalue weighted by Gasteiger charge is 2.21. The van der Waals surface area contributed by atoms with Gasteiger partial charge in [-0.15, -0.1) is 0 Å². The summed E-state index contributed by atoms with van der Waals surface area (Å²) in [5.74, 6) is 0.871. The van der Waals surface area contributed by atoms with Gasteiger partial charge in [0.25, 0.3) is 0 Å². The first-order chi connectivity index (χ1) is 8.00. The monoisotopic (exact) mass is 241 g/mol. The number of hydrogen-bond donors (Lipinski definition) is 1. The minimum absolute atomic E-state index is 0.649. The molecule has 1 rings (SSSR count). The van der Waals surface area contributed by atoms with Crippen molar-refractivity contribution in [2.24, 2.45) is 5.92 Å². The van der Waals surface area contributed by atoms with Gasteiger partial charge in [-0.3, -0.25) is 0 Å². The molecule has 1 heterocycles. The van der Waals surface area contributed by atoms with Crippen molar-refractivity contribution in [1.82, 2.24) is 15.1 Å². The van der Waals surface area contributed by atoms with Crippen LogP contribution in [-0.2, 0) is 0 Å². The van der Waals surface area contributed by atoms with Crippen LogP contribution in [0.15, 0.2) is 0 Å². The Kier molecular flexibility index (Phi) is 6.45. The van der Waals surface area contributed by atoms with E-state index in [1.807, 2.05) is 0 Å². The maximum atomic E-state index is 3.69. The summed E-state index contributed by atoms with van der Waals surface area (Å²) in [4.78, 5) is 4.84. The quantitative estimate of drug-likeness (QED) is 0.763. The van der Waals surface area contributed by atoms with Crippen LogP contribution in [0.3, 0.4) is 0 Å². The van der Waals surface area contributed by atoms with Crippen molar-refractivity contribution in [2.45, 2.75) is 45.7 Å². The van der Waals surface area contributed by atoms with Crippen molar-refractivity contribution < 1.29 is 0 Å². The van der Waals surface area contributed by atoms with Crippen LogP contribution in [0.25, 0.3) is 0 Å². The molecule has 1 aliphatic rings. The van der Waals surface area contributed by atoms with E-state index in [1.165, 1.54) is 25.9 Å². The molecule has 1 atom stereocenters. The Balaban J connectivity index is 2.14. The number of likely N-dealkylation sites (N-methyl/N-ethyl adjacent to an activating group) is 1. The average molecular weight is 241 g/mol. The fraction of sp³-hybridized carbons (Fsp3) is 1.00. The van der Waals surface area contributed by atoms with Crippen LogP contribution in [0, 0.1) is 5.92 Å². The third-order valence-electron chi connectivity index (χ3n) is 4.28. The minimum Gasteiger partial charge on any atom is -0.313 e. The second kappa shape index (κ2) is 7.34. The van der Waals surface area contributed by atoms with Gasteiger partial charge in [-0.1, -0.05) is 0 Å². The third kappa shape index (κ3) is 5.36. The fourth-order valence-corrected chi connectivity index (χ4v) is 2.42. The van der Waals surface area contributed by atoms with Crippen LogP contribution >= 0.6 is 0 Å². The number of piperidine rings is 1. The molecular weight excluding hydrogens is 210 g/mol. The van der Waals surface area contributed by atoms with E-state index >= 15 is 0 Å². The van der Waals surface area contributed by atoms with Crippen molar-refractivity contribution >= 4 is 0 Å². The van der Waals surface area contributed by atoms with Gasteiger partial charge in [0.15, 0.2) is 0 Å². The lowest BCUT2D eigenvalue weighted by molar-refractivity contribution is 0.185. The smallest absolute Gasteiger partial charge is 0.0107 e. The zero-order chi connectivity index (χ0) is 12.8. The van der Waals surface area contributed by atoms with Crippen LogP contribution in [0.2, 0.25) is 0 Å². The lowest BCUT2D eigenvalue weighted by atomic mass is 9.90. The largest absolute Gasteiger partial charge is 0.313 e. The molecule has 0 radical (unpaired) electrons. The van der Waals surface area contributed by atoms with Gasteiger partial charge < -0.3 is 15.1 Å². The summed E-state index contributed by atoms with van der Waals surface area (Å²) in [6.07, 6.45) is 2.70. The van der Waals surface area contributed by atoms with Gasteiger partial charge in [-0.25, -0.2) is 0 Å². The third-order valence-corrected chi connectivity index (χ3v) is 4.28. The first kappa shape index (κ1) is 14.9. The van der Waals surface area contributed by atoms with E-state index in [1.54, 1.807) is 0 Å². The highest BCUT2D eigenvalue weighted by Crippen LogP contribution is 2.19. The van der Waals surface area contributed by atoms with Crippen molar-refractivity contribution in [3.05, 3.63) is 0 Å². The molecule has 0 aromatic heterocycles. The molecule has 17 heavy (non-hydrogen) atoms. The number of hydrogen-bond acceptors (Lipinski definition) is 3. The van der Waals surface area contributed by atoms with Gasteiger partial charge in [0, 0.05) is 25.2 Å². The average Bonchev–Trinajstić information content (AvgIpc) is 2.29. The Labute approximate surface area is 108 Å². The van der Waals surface area contributed by atoms with Crippen LogP contribution in [0.5, 0.6) is 0 Å². The molecule has 1 unspecified atom stereocenters. The van der Waals surface area contributed by atoms with Gasteiger partial charge in [0.1, 0.15) is 0 Å². The Bertz CT molecular complexity index is 198. The van der Waals surface area contributed by atoms with Gasteiger partial charge >= 0.3 is 0 Å². The van der Waals surface area contributed by atoms with E-state index in [-0.39, 0.29) is 0 Å². The molecule has 0 aromatic carbocycles. The van der Waals surface area contributed by atoms with E-state index in [0.29, 0.717) is 12.1 Å². The molecule has 0 spiro atoms. The Morgan fingerprint density at radius 3 is 2.35 bits per heavy atom. The summed E-state index contributed by atoms with van der Waals surface area (Å²) in [6, 6.07) is 1.32. The molecule has 0 amide bonds. The van der Waals surface area contributed by atoms with Gasteiger partial charge in [0.05, 0.1) is 0 Å². The summed E-state index contributed by atoms with van der Waals surface area (Å²) in [6.45, 7) is 11.6. The van der Waals surface area contributed by atoms with Crippen LogP contribution in [0.1, 0.15) is 33.6 Å². The first-order valence-corrected chi connectivity index (χ1v) is 7.13. The summed E-state index contributed by atoms with van der Waals surface area (Å²) < 4.78 is 0. The van der Waals surface area contributed by atoms with Crippen LogP contribution in [-0.4, -0.2) is 62.2 Å². The normalized spacial score (nSPS) is 21.4. The summed E-state index contributed by atoms with van der Waals surface area (Å²) in [5, 5.41) is 3.69. The topological polar surface area (TPSA) is 18.5 Å². The molecule has 1 N–H and O–H groups in total. The van der Waals surface area contributed by atoms with E-state index in [4.69, 9.17) is 0 Å². The molecule has 1 saturated heterocycles. The Morgan fingerprint density at radius 1 is 1.24 bits per heavy atom. The lowest BCUT2D eigenvalue weighted by Gasteiger charge is -2.33. The van der Waals surface area contributed by atoms with E-state index in [2.05, 4.69) is 50.0 Å². The van der Waals surface area contributed by atoms with Gasteiger partial charge in [-0.2, -0.15) is 0 Å². The number of nitrogens with one attached hydrogen (secondary N) is 1. The van der Waals surface area contributed by atoms with E-state index in [9.17, 15) is 0 Å². The predicted octanol–water partition coefficient (Wildman–Crippen LogP) is 1.65. The maximum absolute atomic E-state index is 3.69. The number of rotatable bonds is 6. The van der Waals surface area contributed by atoms with Crippen molar-refractivity contribution in [3.8, 4) is 0 Å². The minimum atomic E-state index is 0.649. The zero-order valence-electron chi connectivity index (χ0n) is 12.4. The Hall–Kier alpha value is -0.120. The summed E-state index contributed by atoms with van der Waals surface area (Å²) in [5.41, 5.74) is 0. The molecule has 0 bridgehead atoms. The first-order valence-electron chi connectivity index (χ1n) is 7.13. The standard InChI is InChI=1S/C14H31N3/c1-12(2)17(5)11-8-15-13(3)14-6-9-16(4)10-7-14/h12-15H,6-11H2,1-5H3. The Morgan fingerprint density at radius 2 is 1.82 bits per heavy atom. The molecule has 1 aliphatic heterocycles. The summed E-state index contributed by atoms with van der Waals surface area (Å²) in [7, 11) is 4.43. The van der Waals surface area contributed by atoms with Crippen molar-refractivity contribution in [1.29, 1.82) is 0 Å². The second-order valence-corrected chi connectivity index (χ2v) is 5.96. The van der Waals surface area contributed by atoms with Gasteiger partial charge in [0.2, 0.25) is 0 Å². The second-order valence-electron chi connectivity index (χ2n) is 5.96. The van der Waals surface area contributed by atoms with Gasteiger partial charge in [-0.05, 0) is 66.7 Å². The lowest BCUT2D eigenvalue weighted by Crippen LogP contribution is -2.43. The van der Waals surface area contributed by atoms with Crippen molar-refractivity contribution in [2.75, 3.05) is 40.3 Å². The molecule has 3 heteroatoms. The summed E-state index contributed by atoms with van der Waals surface area (Å²) >= 11 is 0. The molecule has 3 nitrogen and oxygen atoms in total. The fourth-order valence-electron chi connectivity index (χ4n) is 2.42. The highest BCUT2D eigenvalue weighted by molar-refractivity contribution is 4.78. The number of nitrogens with zero attached hydrogens (tertiary/aromatic N) is 2.